The highest BCUT2D eigenvalue weighted by Crippen LogP contribution is 2.19. The minimum absolute atomic E-state index is 0.000281. The van der Waals surface area contributed by atoms with E-state index < -0.39 is 0 Å². The molecule has 3 rings (SSSR count). The number of anilines is 1. The van der Waals surface area contributed by atoms with Gasteiger partial charge in [0.25, 0.3) is 5.56 Å². The average molecular weight is 332 g/mol. The molecule has 3 aromatic rings. The first kappa shape index (κ1) is 15.7. The fraction of sp³-hybridized carbons (Fsp3) is 0.467. The lowest BCUT2D eigenvalue weighted by molar-refractivity contribution is 0.576. The Hall–Kier alpha value is -2.22. The van der Waals surface area contributed by atoms with Crippen molar-refractivity contribution >= 4 is 28.3 Å². The van der Waals surface area contributed by atoms with Crippen molar-refractivity contribution < 1.29 is 0 Å². The van der Waals surface area contributed by atoms with Gasteiger partial charge >= 0.3 is 0 Å². The Bertz CT molecular complexity index is 920. The predicted molar refractivity (Wildman–Crippen MR) is 92.1 cm³/mol. The second-order valence-electron chi connectivity index (χ2n) is 5.81. The van der Waals surface area contributed by atoms with Gasteiger partial charge in [0.15, 0.2) is 5.52 Å². The van der Waals surface area contributed by atoms with Crippen molar-refractivity contribution in [3.63, 3.8) is 0 Å². The number of aromatic nitrogens is 5. The Morgan fingerprint density at radius 2 is 2.09 bits per heavy atom. The third kappa shape index (κ3) is 2.74. The summed E-state index contributed by atoms with van der Waals surface area (Å²) in [5.74, 6) is 0.569. The summed E-state index contributed by atoms with van der Waals surface area (Å²) >= 11 is 1.63. The van der Waals surface area contributed by atoms with Crippen molar-refractivity contribution in [1.29, 1.82) is 0 Å². The first-order valence-electron chi connectivity index (χ1n) is 7.49. The fourth-order valence-electron chi connectivity index (χ4n) is 2.65. The molecule has 0 unspecified atom stereocenters. The van der Waals surface area contributed by atoms with Crippen molar-refractivity contribution in [1.82, 2.24) is 24.3 Å². The number of hydrogen-bond donors (Lipinski definition) is 1. The van der Waals surface area contributed by atoms with Gasteiger partial charge in [0, 0.05) is 24.2 Å². The van der Waals surface area contributed by atoms with Gasteiger partial charge in [-0.05, 0) is 27.7 Å². The van der Waals surface area contributed by atoms with Gasteiger partial charge in [0.05, 0.1) is 17.2 Å². The van der Waals surface area contributed by atoms with Crippen LogP contribution < -0.4 is 10.9 Å². The SMILES string of the molecule is Cc1ncc(CNc2nc3c(C)nn(C)c3c(=O)n2C(C)C)s1. The van der Waals surface area contributed by atoms with Crippen LogP contribution in [-0.4, -0.2) is 24.3 Å². The third-order valence-corrected chi connectivity index (χ3v) is 4.58. The van der Waals surface area contributed by atoms with Crippen molar-refractivity contribution in [2.24, 2.45) is 7.05 Å². The molecule has 0 saturated carbocycles. The highest BCUT2D eigenvalue weighted by atomic mass is 32.1. The van der Waals surface area contributed by atoms with E-state index in [4.69, 9.17) is 0 Å². The summed E-state index contributed by atoms with van der Waals surface area (Å²) < 4.78 is 3.28. The minimum atomic E-state index is -0.0731. The maximum Gasteiger partial charge on any atom is 0.281 e. The largest absolute Gasteiger partial charge is 0.351 e. The molecule has 0 saturated heterocycles. The van der Waals surface area contributed by atoms with Gasteiger partial charge < -0.3 is 5.32 Å². The topological polar surface area (TPSA) is 77.6 Å². The molecule has 0 aliphatic rings. The van der Waals surface area contributed by atoms with E-state index in [9.17, 15) is 4.79 Å². The Morgan fingerprint density at radius 1 is 1.35 bits per heavy atom. The standard InChI is InChI=1S/C15H20N6OS/c1-8(2)21-14(22)13-12(9(3)19-20(13)5)18-15(21)17-7-11-6-16-10(4)23-11/h6,8H,7H2,1-5H3,(H,17,18). The Balaban J connectivity index is 2.09. The molecule has 23 heavy (non-hydrogen) atoms. The van der Waals surface area contributed by atoms with Crippen LogP contribution in [0.1, 0.15) is 35.5 Å². The molecule has 3 heterocycles. The zero-order valence-corrected chi connectivity index (χ0v) is 14.7. The second-order valence-corrected chi connectivity index (χ2v) is 7.13. The molecule has 0 amide bonds. The lowest BCUT2D eigenvalue weighted by Crippen LogP contribution is -2.27. The second kappa shape index (κ2) is 5.77. The summed E-state index contributed by atoms with van der Waals surface area (Å²) in [5.41, 5.74) is 1.87. The monoisotopic (exact) mass is 332 g/mol. The molecule has 1 N–H and O–H groups in total. The molecule has 8 heteroatoms. The molecular formula is C15H20N6OS. The molecule has 0 atom stereocenters. The highest BCUT2D eigenvalue weighted by molar-refractivity contribution is 7.11. The summed E-state index contributed by atoms with van der Waals surface area (Å²) in [7, 11) is 1.77. The summed E-state index contributed by atoms with van der Waals surface area (Å²) in [5, 5.41) is 8.62. The van der Waals surface area contributed by atoms with Crippen LogP contribution in [0.2, 0.25) is 0 Å². The molecule has 7 nitrogen and oxygen atoms in total. The van der Waals surface area contributed by atoms with E-state index in [1.54, 1.807) is 27.6 Å². The van der Waals surface area contributed by atoms with Crippen LogP contribution in [0.5, 0.6) is 0 Å². The van der Waals surface area contributed by atoms with E-state index in [1.807, 2.05) is 33.9 Å². The van der Waals surface area contributed by atoms with Gasteiger partial charge in [-0.2, -0.15) is 5.10 Å². The Kier molecular flexibility index (Phi) is 3.93. The lowest BCUT2D eigenvalue weighted by Gasteiger charge is -2.16. The first-order chi connectivity index (χ1) is 10.9. The molecule has 0 aliphatic carbocycles. The maximum atomic E-state index is 12.9. The van der Waals surface area contributed by atoms with Gasteiger partial charge in [-0.25, -0.2) is 9.97 Å². The third-order valence-electron chi connectivity index (χ3n) is 3.66. The Labute approximate surface area is 138 Å². The molecule has 0 bridgehead atoms. The highest BCUT2D eigenvalue weighted by Gasteiger charge is 2.18. The fourth-order valence-corrected chi connectivity index (χ4v) is 3.38. The van der Waals surface area contributed by atoms with Crippen molar-refractivity contribution in [3.05, 3.63) is 32.1 Å². The van der Waals surface area contributed by atoms with Crippen LogP contribution in [0.3, 0.4) is 0 Å². The zero-order valence-electron chi connectivity index (χ0n) is 13.9. The quantitative estimate of drug-likeness (QED) is 0.794. The van der Waals surface area contributed by atoms with Crippen LogP contribution in [0.25, 0.3) is 11.0 Å². The maximum absolute atomic E-state index is 12.9. The first-order valence-corrected chi connectivity index (χ1v) is 8.31. The van der Waals surface area contributed by atoms with Gasteiger partial charge in [0.2, 0.25) is 5.95 Å². The number of fused-ring (bicyclic) bond motifs is 1. The van der Waals surface area contributed by atoms with Gasteiger partial charge in [-0.15, -0.1) is 11.3 Å². The summed E-state index contributed by atoms with van der Waals surface area (Å²) in [6, 6.07) is 0.000281. The van der Waals surface area contributed by atoms with Crippen molar-refractivity contribution in [2.45, 2.75) is 40.3 Å². The Morgan fingerprint density at radius 3 is 2.70 bits per heavy atom. The summed E-state index contributed by atoms with van der Waals surface area (Å²) in [6.45, 7) is 8.38. The molecule has 3 aromatic heterocycles. The number of nitrogens with zero attached hydrogens (tertiary/aromatic N) is 5. The predicted octanol–water partition coefficient (Wildman–Crippen LogP) is 2.40. The molecule has 122 valence electrons. The number of hydrogen-bond acceptors (Lipinski definition) is 6. The average Bonchev–Trinajstić information content (AvgIpc) is 3.00. The molecule has 0 aromatic carbocycles. The lowest BCUT2D eigenvalue weighted by atomic mass is 10.3. The van der Waals surface area contributed by atoms with Gasteiger partial charge in [-0.3, -0.25) is 14.0 Å². The molecule has 0 radical (unpaired) electrons. The number of thiazole rings is 1. The van der Waals surface area contributed by atoms with Gasteiger partial charge in [0.1, 0.15) is 5.52 Å². The van der Waals surface area contributed by atoms with E-state index in [2.05, 4.69) is 20.4 Å². The summed E-state index contributed by atoms with van der Waals surface area (Å²) in [6.07, 6.45) is 1.85. The van der Waals surface area contributed by atoms with Crippen LogP contribution in [-0.2, 0) is 13.6 Å². The van der Waals surface area contributed by atoms with Gasteiger partial charge in [-0.1, -0.05) is 0 Å². The van der Waals surface area contributed by atoms with Crippen LogP contribution in [0.15, 0.2) is 11.0 Å². The normalized spacial score (nSPS) is 11.6. The molecule has 0 fully saturated rings. The zero-order chi connectivity index (χ0) is 16.7. The number of nitrogens with one attached hydrogen (secondary N) is 1. The smallest absolute Gasteiger partial charge is 0.281 e. The van der Waals surface area contributed by atoms with E-state index in [1.165, 1.54) is 0 Å². The molecular weight excluding hydrogens is 312 g/mol. The van der Waals surface area contributed by atoms with Crippen molar-refractivity contribution in [2.75, 3.05) is 5.32 Å². The van der Waals surface area contributed by atoms with E-state index in [-0.39, 0.29) is 11.6 Å². The number of rotatable bonds is 4. The van der Waals surface area contributed by atoms with Crippen molar-refractivity contribution in [3.8, 4) is 0 Å². The van der Waals surface area contributed by atoms with Crippen LogP contribution in [0.4, 0.5) is 5.95 Å². The minimum Gasteiger partial charge on any atom is -0.351 e. The van der Waals surface area contributed by atoms with E-state index in [0.717, 1.165) is 15.6 Å². The summed E-state index contributed by atoms with van der Waals surface area (Å²) in [4.78, 5) is 22.9. The van der Waals surface area contributed by atoms with E-state index in [0.29, 0.717) is 23.5 Å². The van der Waals surface area contributed by atoms with Crippen LogP contribution in [0, 0.1) is 13.8 Å². The number of aryl methyl sites for hydroxylation is 3. The van der Waals surface area contributed by atoms with Crippen LogP contribution >= 0.6 is 11.3 Å². The molecule has 0 spiro atoms. The molecule has 0 aliphatic heterocycles. The van der Waals surface area contributed by atoms with E-state index >= 15 is 0 Å².